The molecule has 3 rings (SSSR count). The van der Waals surface area contributed by atoms with Gasteiger partial charge in [0.05, 0.1) is 26.2 Å². The Morgan fingerprint density at radius 3 is 2.13 bits per heavy atom. The lowest BCUT2D eigenvalue weighted by atomic mass is 10.1. The first kappa shape index (κ1) is 17.8. The molecule has 0 aliphatic carbocycles. The number of quaternary nitrogens is 1. The minimum Gasteiger partial charge on any atom is -1.00 e. The molecule has 4 nitrogen and oxygen atoms in total. The Hall–Kier alpha value is -1.56. The van der Waals surface area contributed by atoms with Gasteiger partial charge in [-0.1, -0.05) is 15.9 Å². The van der Waals surface area contributed by atoms with Gasteiger partial charge in [0, 0.05) is 22.2 Å². The van der Waals surface area contributed by atoms with Gasteiger partial charge in [0.15, 0.2) is 0 Å². The molecule has 1 fully saturated rings. The van der Waals surface area contributed by atoms with Crippen LogP contribution in [-0.2, 0) is 0 Å². The minimum absolute atomic E-state index is 0. The van der Waals surface area contributed by atoms with Gasteiger partial charge in [-0.25, -0.2) is 0 Å². The molecule has 0 bridgehead atoms. The van der Waals surface area contributed by atoms with Crippen LogP contribution in [0.15, 0.2) is 53.0 Å². The number of nitrogens with one attached hydrogen (secondary N) is 1. The molecule has 2 aromatic rings. The van der Waals surface area contributed by atoms with Crippen molar-refractivity contribution >= 4 is 27.5 Å². The number of benzene rings is 2. The quantitative estimate of drug-likeness (QED) is 0.628. The van der Waals surface area contributed by atoms with Crippen LogP contribution >= 0.6 is 15.9 Å². The second-order valence-corrected chi connectivity index (χ2v) is 6.37. The molecule has 6 heteroatoms. The van der Waals surface area contributed by atoms with E-state index >= 15 is 0 Å². The molecular formula is C17H18BrClN2O2. The Morgan fingerprint density at radius 1 is 1.00 bits per heavy atom. The number of halogens is 2. The zero-order chi connectivity index (χ0) is 15.5. The van der Waals surface area contributed by atoms with Crippen molar-refractivity contribution in [3.05, 3.63) is 58.6 Å². The maximum absolute atomic E-state index is 12.5. The number of phenolic OH excluding ortho intramolecular Hbond substituents is 1. The van der Waals surface area contributed by atoms with E-state index in [1.165, 1.54) is 4.90 Å². The van der Waals surface area contributed by atoms with E-state index in [2.05, 4.69) is 15.9 Å². The van der Waals surface area contributed by atoms with Gasteiger partial charge >= 0.3 is 0 Å². The number of hydrogen-bond donors (Lipinski definition) is 2. The van der Waals surface area contributed by atoms with Crippen molar-refractivity contribution in [2.24, 2.45) is 0 Å². The Kier molecular flexibility index (Phi) is 6.04. The summed E-state index contributed by atoms with van der Waals surface area (Å²) in [6.07, 6.45) is 0. The number of piperazine rings is 1. The van der Waals surface area contributed by atoms with E-state index in [1.54, 1.807) is 12.1 Å². The van der Waals surface area contributed by atoms with E-state index in [0.717, 1.165) is 41.9 Å². The summed E-state index contributed by atoms with van der Waals surface area (Å²) in [6.45, 7) is 3.25. The van der Waals surface area contributed by atoms with Crippen LogP contribution in [0, 0.1) is 0 Å². The van der Waals surface area contributed by atoms with E-state index in [-0.39, 0.29) is 24.1 Å². The molecule has 1 aliphatic heterocycles. The topological polar surface area (TPSA) is 45.0 Å². The maximum atomic E-state index is 12.5. The number of aromatic hydroxyl groups is 1. The van der Waals surface area contributed by atoms with Gasteiger partial charge in [0.1, 0.15) is 11.4 Å². The molecule has 0 saturated carbocycles. The highest BCUT2D eigenvalue weighted by atomic mass is 79.9. The fourth-order valence-corrected chi connectivity index (χ4v) is 3.00. The van der Waals surface area contributed by atoms with Gasteiger partial charge in [0.25, 0.3) is 5.91 Å². The largest absolute Gasteiger partial charge is 1.00 e. The molecule has 2 aromatic carbocycles. The standard InChI is InChI=1S/C17H17BrN2O2.ClH/c18-14-3-1-13(2-4-14)17(22)20-11-9-19(10-12-20)15-5-7-16(21)8-6-15;/h1-8,21H,9-12H2;1H. The number of phenols is 1. The predicted octanol–water partition coefficient (Wildman–Crippen LogP) is -1.17. The Morgan fingerprint density at radius 2 is 1.57 bits per heavy atom. The summed E-state index contributed by atoms with van der Waals surface area (Å²) in [6, 6.07) is 14.8. The smallest absolute Gasteiger partial charge is 0.254 e. The van der Waals surface area contributed by atoms with Crippen molar-refractivity contribution in [2.45, 2.75) is 0 Å². The summed E-state index contributed by atoms with van der Waals surface area (Å²) in [4.78, 5) is 15.7. The van der Waals surface area contributed by atoms with E-state index in [9.17, 15) is 9.90 Å². The monoisotopic (exact) mass is 396 g/mol. The first-order valence-corrected chi connectivity index (χ1v) is 8.12. The second kappa shape index (κ2) is 7.81. The van der Waals surface area contributed by atoms with Gasteiger partial charge in [-0.2, -0.15) is 0 Å². The van der Waals surface area contributed by atoms with Crippen molar-refractivity contribution in [2.75, 3.05) is 26.2 Å². The number of carbonyl (C=O) groups is 1. The van der Waals surface area contributed by atoms with Crippen LogP contribution in [-0.4, -0.2) is 42.1 Å². The van der Waals surface area contributed by atoms with Crippen molar-refractivity contribution in [1.29, 1.82) is 0 Å². The van der Waals surface area contributed by atoms with Crippen molar-refractivity contribution in [1.82, 2.24) is 4.90 Å². The Labute approximate surface area is 150 Å². The molecule has 0 unspecified atom stereocenters. The van der Waals surface area contributed by atoms with Crippen LogP contribution in [0.4, 0.5) is 5.69 Å². The lowest BCUT2D eigenvalue weighted by molar-refractivity contribution is -0.837. The third kappa shape index (κ3) is 4.25. The van der Waals surface area contributed by atoms with E-state index in [0.29, 0.717) is 0 Å². The minimum atomic E-state index is 0. The normalized spacial score (nSPS) is 15.1. The summed E-state index contributed by atoms with van der Waals surface area (Å²) in [7, 11) is 0. The molecule has 1 amide bonds. The number of rotatable bonds is 2. The Balaban J connectivity index is 0.00000192. The highest BCUT2D eigenvalue weighted by Crippen LogP contribution is 2.13. The lowest BCUT2D eigenvalue weighted by Gasteiger charge is -2.32. The van der Waals surface area contributed by atoms with Crippen LogP contribution in [0.2, 0.25) is 0 Å². The van der Waals surface area contributed by atoms with Crippen LogP contribution in [0.3, 0.4) is 0 Å². The van der Waals surface area contributed by atoms with Crippen molar-refractivity contribution < 1.29 is 27.2 Å². The van der Waals surface area contributed by atoms with Gasteiger partial charge < -0.3 is 22.4 Å². The maximum Gasteiger partial charge on any atom is 0.254 e. The molecular weight excluding hydrogens is 380 g/mol. The number of amides is 1. The van der Waals surface area contributed by atoms with Gasteiger partial charge in [-0.05, 0) is 36.4 Å². The molecule has 0 atom stereocenters. The fraction of sp³-hybridized carbons (Fsp3) is 0.235. The molecule has 0 aromatic heterocycles. The van der Waals surface area contributed by atoms with E-state index in [4.69, 9.17) is 0 Å². The third-order valence-corrected chi connectivity index (χ3v) is 4.55. The van der Waals surface area contributed by atoms with Crippen molar-refractivity contribution in [3.63, 3.8) is 0 Å². The second-order valence-electron chi connectivity index (χ2n) is 5.45. The molecule has 122 valence electrons. The van der Waals surface area contributed by atoms with Gasteiger partial charge in [-0.3, -0.25) is 9.69 Å². The van der Waals surface area contributed by atoms with Crippen molar-refractivity contribution in [3.8, 4) is 5.75 Å². The third-order valence-electron chi connectivity index (χ3n) is 4.02. The predicted molar refractivity (Wildman–Crippen MR) is 88.5 cm³/mol. The van der Waals surface area contributed by atoms with Crippen LogP contribution in [0.25, 0.3) is 0 Å². The first-order chi connectivity index (χ1) is 10.6. The van der Waals surface area contributed by atoms with Crippen LogP contribution < -0.4 is 17.3 Å². The molecule has 0 radical (unpaired) electrons. The summed E-state index contributed by atoms with van der Waals surface area (Å²) in [5.41, 5.74) is 1.89. The zero-order valence-corrected chi connectivity index (χ0v) is 14.8. The molecule has 23 heavy (non-hydrogen) atoms. The average molecular weight is 398 g/mol. The Bertz CT molecular complexity index is 653. The molecule has 1 heterocycles. The summed E-state index contributed by atoms with van der Waals surface area (Å²) < 4.78 is 0.977. The summed E-state index contributed by atoms with van der Waals surface area (Å²) in [5, 5.41) is 9.35. The number of hydrogen-bond acceptors (Lipinski definition) is 2. The zero-order valence-electron chi connectivity index (χ0n) is 12.5. The number of nitrogens with zero attached hydrogens (tertiary/aromatic N) is 1. The molecule has 0 spiro atoms. The average Bonchev–Trinajstić information content (AvgIpc) is 2.56. The molecule has 1 aliphatic rings. The van der Waals surface area contributed by atoms with Crippen LogP contribution in [0.5, 0.6) is 5.75 Å². The molecule has 1 saturated heterocycles. The summed E-state index contributed by atoms with van der Waals surface area (Å²) >= 11 is 3.38. The highest BCUT2D eigenvalue weighted by molar-refractivity contribution is 9.10. The van der Waals surface area contributed by atoms with Gasteiger partial charge in [-0.15, -0.1) is 0 Å². The summed E-state index contributed by atoms with van der Waals surface area (Å²) in [5.74, 6) is 0.379. The fourth-order valence-electron chi connectivity index (χ4n) is 2.74. The first-order valence-electron chi connectivity index (χ1n) is 7.32. The van der Waals surface area contributed by atoms with Crippen LogP contribution in [0.1, 0.15) is 10.4 Å². The SMILES string of the molecule is O=C(c1ccc(Br)cc1)N1CC[NH+](c2ccc(O)cc2)CC1.[Cl-]. The van der Waals surface area contributed by atoms with E-state index in [1.807, 2.05) is 41.3 Å². The van der Waals surface area contributed by atoms with E-state index < -0.39 is 0 Å². The highest BCUT2D eigenvalue weighted by Gasteiger charge is 2.25. The number of carbonyl (C=O) groups excluding carboxylic acids is 1. The molecule has 2 N–H and O–H groups in total. The van der Waals surface area contributed by atoms with Gasteiger partial charge in [0.2, 0.25) is 0 Å². The lowest BCUT2D eigenvalue weighted by Crippen LogP contribution is -3.10.